The van der Waals surface area contributed by atoms with Crippen LogP contribution in [0.5, 0.6) is 5.75 Å². The van der Waals surface area contributed by atoms with Crippen LogP contribution in [0.25, 0.3) is 44.1 Å². The fraction of sp³-hybridized carbons (Fsp3) is 0. The molecule has 0 aliphatic carbocycles. The maximum atomic E-state index is 13.6. The summed E-state index contributed by atoms with van der Waals surface area (Å²) in [5, 5.41) is 22.3. The van der Waals surface area contributed by atoms with Crippen molar-refractivity contribution in [3.05, 3.63) is 90.0 Å². The molecule has 5 aromatic rings. The number of nitrogens with one attached hydrogen (secondary N) is 1. The zero-order valence-electron chi connectivity index (χ0n) is 15.6. The van der Waals surface area contributed by atoms with E-state index in [9.17, 15) is 19.1 Å². The highest BCUT2D eigenvalue weighted by Gasteiger charge is 2.24. The van der Waals surface area contributed by atoms with Crippen molar-refractivity contribution in [1.29, 1.82) is 5.26 Å². The maximum absolute atomic E-state index is 13.6. The second-order valence-corrected chi connectivity index (χ2v) is 7.02. The first-order valence-corrected chi connectivity index (χ1v) is 9.30. The normalized spacial score (nSPS) is 11.1. The molecule has 0 aliphatic heterocycles. The molecule has 1 aromatic heterocycles. The summed E-state index contributed by atoms with van der Waals surface area (Å²) in [7, 11) is 0. The Bertz CT molecular complexity index is 1460. The highest BCUT2D eigenvalue weighted by molar-refractivity contribution is 6.19. The van der Waals surface area contributed by atoms with Crippen LogP contribution < -0.4 is 0 Å². The molecule has 0 radical (unpaired) electrons. The number of fused-ring (bicyclic) bond motifs is 3. The van der Waals surface area contributed by atoms with Crippen molar-refractivity contribution in [2.45, 2.75) is 0 Å². The Morgan fingerprint density at radius 3 is 1.93 bits per heavy atom. The first kappa shape index (κ1) is 17.9. The number of hydrogen-bond acceptors (Lipinski definition) is 2. The number of hydrogen-bond donors (Lipinski definition) is 2. The number of aromatic amines is 1. The molecular formula is C25H14F2N2O. The van der Waals surface area contributed by atoms with Gasteiger partial charge in [0.25, 0.3) is 0 Å². The molecule has 0 amide bonds. The third-order valence-electron chi connectivity index (χ3n) is 5.31. The second-order valence-electron chi connectivity index (χ2n) is 7.02. The number of phenolic OH excluding ortho intramolecular Hbond substituents is 1. The molecule has 1 heterocycles. The number of aromatic nitrogens is 1. The quantitative estimate of drug-likeness (QED) is 0.357. The van der Waals surface area contributed by atoms with Gasteiger partial charge in [-0.15, -0.1) is 0 Å². The van der Waals surface area contributed by atoms with Gasteiger partial charge in [-0.25, -0.2) is 8.78 Å². The zero-order valence-corrected chi connectivity index (χ0v) is 15.6. The van der Waals surface area contributed by atoms with Crippen LogP contribution in [0.3, 0.4) is 0 Å². The average Bonchev–Trinajstić information content (AvgIpc) is 3.15. The van der Waals surface area contributed by atoms with Gasteiger partial charge in [-0.1, -0.05) is 42.5 Å². The minimum absolute atomic E-state index is 0.0817. The fourth-order valence-corrected chi connectivity index (χ4v) is 3.99. The van der Waals surface area contributed by atoms with Crippen LogP contribution in [0, 0.1) is 23.0 Å². The highest BCUT2D eigenvalue weighted by Crippen LogP contribution is 2.47. The van der Waals surface area contributed by atoms with E-state index in [2.05, 4.69) is 11.1 Å². The van der Waals surface area contributed by atoms with Crippen LogP contribution in [-0.2, 0) is 0 Å². The van der Waals surface area contributed by atoms with E-state index in [1.54, 1.807) is 24.3 Å². The van der Waals surface area contributed by atoms with Crippen molar-refractivity contribution in [2.24, 2.45) is 0 Å². The zero-order chi connectivity index (χ0) is 20.8. The van der Waals surface area contributed by atoms with Crippen molar-refractivity contribution in [3.63, 3.8) is 0 Å². The standard InChI is InChI=1S/C25H14F2N2O/c26-16-9-5-14(6-10-16)21-19(13-28)25(30)23-18-3-1-2-4-20(18)29-24(23)22(21)15-7-11-17(27)12-8-15/h1-12,29-30H. The van der Waals surface area contributed by atoms with Crippen LogP contribution in [0.1, 0.15) is 5.56 Å². The van der Waals surface area contributed by atoms with E-state index < -0.39 is 5.82 Å². The lowest BCUT2D eigenvalue weighted by atomic mass is 9.87. The SMILES string of the molecule is N#Cc1c(-c2ccc(F)cc2)c(-c2ccc(F)cc2)c2[nH]c3ccccc3c2c1O. The van der Waals surface area contributed by atoms with Gasteiger partial charge in [0, 0.05) is 22.0 Å². The second kappa shape index (κ2) is 6.71. The Morgan fingerprint density at radius 2 is 1.33 bits per heavy atom. The van der Waals surface area contributed by atoms with Gasteiger partial charge in [-0.3, -0.25) is 0 Å². The van der Waals surface area contributed by atoms with Crippen LogP contribution in [0.15, 0.2) is 72.8 Å². The lowest BCUT2D eigenvalue weighted by Gasteiger charge is -2.16. The lowest BCUT2D eigenvalue weighted by molar-refractivity contribution is 0.480. The van der Waals surface area contributed by atoms with Gasteiger partial charge in [0.1, 0.15) is 29.0 Å². The number of nitrogens with zero attached hydrogens (tertiary/aromatic N) is 1. The Balaban J connectivity index is 2.02. The van der Waals surface area contributed by atoms with E-state index in [4.69, 9.17) is 0 Å². The van der Waals surface area contributed by atoms with Crippen LogP contribution in [0.4, 0.5) is 8.78 Å². The number of halogens is 2. The van der Waals surface area contributed by atoms with Gasteiger partial charge in [-0.2, -0.15) is 5.26 Å². The number of rotatable bonds is 2. The smallest absolute Gasteiger partial charge is 0.144 e. The summed E-state index contributed by atoms with van der Waals surface area (Å²) in [5.41, 5.74) is 3.85. The first-order valence-electron chi connectivity index (χ1n) is 9.30. The molecule has 5 heteroatoms. The molecular weight excluding hydrogens is 382 g/mol. The summed E-state index contributed by atoms with van der Waals surface area (Å²) in [6.45, 7) is 0. The van der Waals surface area contributed by atoms with Crippen molar-refractivity contribution >= 4 is 21.8 Å². The van der Waals surface area contributed by atoms with Crippen molar-refractivity contribution < 1.29 is 13.9 Å². The van der Waals surface area contributed by atoms with E-state index in [-0.39, 0.29) is 17.1 Å². The fourth-order valence-electron chi connectivity index (χ4n) is 3.99. The third kappa shape index (κ3) is 2.62. The Hall–Kier alpha value is -4.17. The molecule has 0 saturated heterocycles. The van der Waals surface area contributed by atoms with Crippen molar-refractivity contribution in [2.75, 3.05) is 0 Å². The molecule has 2 N–H and O–H groups in total. The number of para-hydroxylation sites is 1. The molecule has 0 spiro atoms. The van der Waals surface area contributed by atoms with Gasteiger partial charge in [0.15, 0.2) is 0 Å². The van der Waals surface area contributed by atoms with E-state index >= 15 is 0 Å². The summed E-state index contributed by atoms with van der Waals surface area (Å²) < 4.78 is 27.2. The largest absolute Gasteiger partial charge is 0.506 e. The summed E-state index contributed by atoms with van der Waals surface area (Å²) in [6, 6.07) is 21.3. The average molecular weight is 396 g/mol. The molecule has 0 saturated carbocycles. The van der Waals surface area contributed by atoms with Gasteiger partial charge in [0.2, 0.25) is 0 Å². The van der Waals surface area contributed by atoms with Crippen molar-refractivity contribution in [1.82, 2.24) is 4.98 Å². The first-order chi connectivity index (χ1) is 14.6. The van der Waals surface area contributed by atoms with E-state index in [1.807, 2.05) is 24.3 Å². The molecule has 4 aromatic carbocycles. The molecule has 0 bridgehead atoms. The monoisotopic (exact) mass is 396 g/mol. The van der Waals surface area contributed by atoms with E-state index in [1.165, 1.54) is 24.3 Å². The number of phenols is 1. The molecule has 0 atom stereocenters. The molecule has 30 heavy (non-hydrogen) atoms. The maximum Gasteiger partial charge on any atom is 0.144 e. The molecule has 144 valence electrons. The Labute approximate surface area is 170 Å². The minimum atomic E-state index is -0.406. The molecule has 0 unspecified atom stereocenters. The van der Waals surface area contributed by atoms with Crippen LogP contribution >= 0.6 is 0 Å². The topological polar surface area (TPSA) is 59.8 Å². The number of aromatic hydroxyl groups is 1. The predicted octanol–water partition coefficient (Wildman–Crippen LogP) is 6.51. The molecule has 5 rings (SSSR count). The Kier molecular flexibility index (Phi) is 4.00. The van der Waals surface area contributed by atoms with Crippen LogP contribution in [-0.4, -0.2) is 10.1 Å². The summed E-state index contributed by atoms with van der Waals surface area (Å²) in [5.74, 6) is -0.930. The number of benzene rings is 4. The summed E-state index contributed by atoms with van der Waals surface area (Å²) in [6.07, 6.45) is 0. The molecule has 3 nitrogen and oxygen atoms in total. The van der Waals surface area contributed by atoms with Crippen LogP contribution in [0.2, 0.25) is 0 Å². The summed E-state index contributed by atoms with van der Waals surface area (Å²) in [4.78, 5) is 3.34. The summed E-state index contributed by atoms with van der Waals surface area (Å²) >= 11 is 0. The Morgan fingerprint density at radius 1 is 0.767 bits per heavy atom. The lowest BCUT2D eigenvalue weighted by Crippen LogP contribution is -1.94. The van der Waals surface area contributed by atoms with Gasteiger partial charge < -0.3 is 10.1 Å². The van der Waals surface area contributed by atoms with Crippen molar-refractivity contribution in [3.8, 4) is 34.1 Å². The molecule has 0 fully saturated rings. The van der Waals surface area contributed by atoms with Gasteiger partial charge in [0.05, 0.1) is 10.9 Å². The van der Waals surface area contributed by atoms with Gasteiger partial charge in [-0.05, 0) is 41.5 Å². The van der Waals surface area contributed by atoms with Gasteiger partial charge >= 0.3 is 0 Å². The number of H-pyrrole nitrogens is 1. The highest BCUT2D eigenvalue weighted by atomic mass is 19.1. The van der Waals surface area contributed by atoms with E-state index in [0.717, 1.165) is 10.9 Å². The number of nitriles is 1. The minimum Gasteiger partial charge on any atom is -0.506 e. The molecule has 0 aliphatic rings. The third-order valence-corrected chi connectivity index (χ3v) is 5.31. The van der Waals surface area contributed by atoms with E-state index in [0.29, 0.717) is 33.2 Å². The predicted molar refractivity (Wildman–Crippen MR) is 113 cm³/mol.